The second kappa shape index (κ2) is 5.31. The summed E-state index contributed by atoms with van der Waals surface area (Å²) < 4.78 is 5.03. The Morgan fingerprint density at radius 1 is 1.11 bits per heavy atom. The molecule has 5 fully saturated rings. The van der Waals surface area contributed by atoms with Crippen LogP contribution in [-0.4, -0.2) is 42.1 Å². The van der Waals surface area contributed by atoms with Gasteiger partial charge in [0.1, 0.15) is 6.61 Å². The largest absolute Gasteiger partial charge is 0.447 e. The predicted octanol–water partition coefficient (Wildman–Crippen LogP) is 3.12. The van der Waals surface area contributed by atoms with E-state index in [9.17, 15) is 9.59 Å². The highest BCUT2D eigenvalue weighted by Gasteiger charge is 2.59. The number of alkyl carbamates (subject to hydrolysis) is 1. The molecule has 0 bridgehead atoms. The molecule has 5 nitrogen and oxygen atoms in total. The third-order valence-electron chi connectivity index (χ3n) is 8.44. The van der Waals surface area contributed by atoms with Gasteiger partial charge >= 0.3 is 6.09 Å². The quantitative estimate of drug-likeness (QED) is 0.877. The molecule has 2 saturated heterocycles. The summed E-state index contributed by atoms with van der Waals surface area (Å²) >= 11 is 0. The van der Waals surface area contributed by atoms with Crippen LogP contribution in [0.4, 0.5) is 4.79 Å². The van der Waals surface area contributed by atoms with Gasteiger partial charge in [0.2, 0.25) is 5.91 Å². The number of hydrogen-bond acceptors (Lipinski definition) is 3. The zero-order valence-electron chi connectivity index (χ0n) is 16.5. The molecule has 1 aromatic carbocycles. The average molecular weight is 380 g/mol. The number of cyclic esters (lactones) is 1. The molecule has 3 saturated carbocycles. The molecule has 5 heteroatoms. The van der Waals surface area contributed by atoms with Crippen LogP contribution in [0, 0.1) is 11.8 Å². The molecule has 2 atom stereocenters. The summed E-state index contributed by atoms with van der Waals surface area (Å²) in [6.45, 7) is 4.53. The van der Waals surface area contributed by atoms with Crippen LogP contribution in [-0.2, 0) is 20.4 Å². The van der Waals surface area contributed by atoms with Crippen molar-refractivity contribution in [1.82, 2.24) is 10.2 Å². The van der Waals surface area contributed by atoms with E-state index in [4.69, 9.17) is 4.74 Å². The molecule has 2 unspecified atom stereocenters. The molecule has 1 spiro atoms. The van der Waals surface area contributed by atoms with Gasteiger partial charge in [-0.1, -0.05) is 31.2 Å². The standard InChI is InChI=1S/C23H28N2O3/c1-21(6-7-21)16-2-4-17(5-3-16)23-8-9-25(13-18(23)12-23)19(26)15-10-22(11-15)14-28-20(27)24-22/h2-5,15,18H,6-14H2,1H3,(H,24,27)/t15-,18?,22+,23?. The van der Waals surface area contributed by atoms with Crippen LogP contribution in [0.3, 0.4) is 0 Å². The van der Waals surface area contributed by atoms with E-state index in [-0.39, 0.29) is 23.5 Å². The van der Waals surface area contributed by atoms with Gasteiger partial charge < -0.3 is 15.0 Å². The lowest BCUT2D eigenvalue weighted by atomic mass is 9.68. The molecule has 0 radical (unpaired) electrons. The van der Waals surface area contributed by atoms with Gasteiger partial charge in [-0.3, -0.25) is 4.79 Å². The summed E-state index contributed by atoms with van der Waals surface area (Å²) in [5.41, 5.74) is 3.44. The zero-order valence-corrected chi connectivity index (χ0v) is 16.5. The van der Waals surface area contributed by atoms with Crippen molar-refractivity contribution in [3.8, 4) is 0 Å². The summed E-state index contributed by atoms with van der Waals surface area (Å²) in [5, 5.41) is 2.89. The molecule has 1 N–H and O–H groups in total. The van der Waals surface area contributed by atoms with Gasteiger partial charge in [-0.15, -0.1) is 0 Å². The number of fused-ring (bicyclic) bond motifs is 1. The summed E-state index contributed by atoms with van der Waals surface area (Å²) in [7, 11) is 0. The van der Waals surface area contributed by atoms with E-state index < -0.39 is 0 Å². The van der Waals surface area contributed by atoms with Gasteiger partial charge in [-0.2, -0.15) is 0 Å². The van der Waals surface area contributed by atoms with E-state index in [1.54, 1.807) is 0 Å². The predicted molar refractivity (Wildman–Crippen MR) is 104 cm³/mol. The first-order chi connectivity index (χ1) is 13.4. The maximum Gasteiger partial charge on any atom is 0.407 e. The molecule has 148 valence electrons. The van der Waals surface area contributed by atoms with Crippen LogP contribution in [0.15, 0.2) is 24.3 Å². The number of ether oxygens (including phenoxy) is 1. The Labute approximate surface area is 165 Å². The lowest BCUT2D eigenvalue weighted by Crippen LogP contribution is -2.58. The average Bonchev–Trinajstić information content (AvgIpc) is 3.56. The highest BCUT2D eigenvalue weighted by molar-refractivity contribution is 5.82. The van der Waals surface area contributed by atoms with Crippen molar-refractivity contribution >= 4 is 12.0 Å². The fourth-order valence-electron chi connectivity index (χ4n) is 6.03. The maximum absolute atomic E-state index is 12.9. The van der Waals surface area contributed by atoms with Crippen LogP contribution in [0.5, 0.6) is 0 Å². The molecule has 0 aromatic heterocycles. The minimum Gasteiger partial charge on any atom is -0.447 e. The Morgan fingerprint density at radius 2 is 1.82 bits per heavy atom. The topological polar surface area (TPSA) is 58.6 Å². The van der Waals surface area contributed by atoms with E-state index in [1.807, 2.05) is 0 Å². The van der Waals surface area contributed by atoms with Crippen LogP contribution in [0.25, 0.3) is 0 Å². The van der Waals surface area contributed by atoms with Crippen molar-refractivity contribution in [2.75, 3.05) is 19.7 Å². The fourth-order valence-corrected chi connectivity index (χ4v) is 6.03. The number of carbonyl (C=O) groups excluding carboxylic acids is 2. The number of hydrogen-bond donors (Lipinski definition) is 1. The van der Waals surface area contributed by atoms with Gasteiger partial charge in [-0.25, -0.2) is 4.79 Å². The fraction of sp³-hybridized carbons (Fsp3) is 0.652. The van der Waals surface area contributed by atoms with E-state index in [1.165, 1.54) is 30.4 Å². The van der Waals surface area contributed by atoms with Crippen molar-refractivity contribution in [2.24, 2.45) is 11.8 Å². The summed E-state index contributed by atoms with van der Waals surface area (Å²) in [6.07, 6.45) is 6.04. The van der Waals surface area contributed by atoms with Gasteiger partial charge in [-0.05, 0) is 61.0 Å². The monoisotopic (exact) mass is 380 g/mol. The number of carbonyl (C=O) groups is 2. The Balaban J connectivity index is 1.09. The molecular weight excluding hydrogens is 352 g/mol. The molecule has 28 heavy (non-hydrogen) atoms. The molecule has 2 amide bonds. The number of nitrogens with one attached hydrogen (secondary N) is 1. The summed E-state index contributed by atoms with van der Waals surface area (Å²) in [4.78, 5) is 26.3. The van der Waals surface area contributed by atoms with Crippen LogP contribution in [0.1, 0.15) is 56.6 Å². The molecular formula is C23H28N2O3. The van der Waals surface area contributed by atoms with Crippen LogP contribution in [0.2, 0.25) is 0 Å². The highest BCUT2D eigenvalue weighted by Crippen LogP contribution is 2.60. The normalized spacial score (nSPS) is 39.6. The highest BCUT2D eigenvalue weighted by atomic mass is 16.6. The second-order valence-electron chi connectivity index (χ2n) is 10.3. The van der Waals surface area contributed by atoms with Gasteiger partial charge in [0.15, 0.2) is 0 Å². The van der Waals surface area contributed by atoms with E-state index in [0.717, 1.165) is 32.4 Å². The number of rotatable bonds is 3. The number of benzene rings is 1. The number of piperidine rings is 1. The van der Waals surface area contributed by atoms with Crippen molar-refractivity contribution in [3.63, 3.8) is 0 Å². The number of likely N-dealkylation sites (tertiary alicyclic amines) is 1. The molecule has 3 aliphatic carbocycles. The first kappa shape index (κ1) is 16.9. The lowest BCUT2D eigenvalue weighted by Gasteiger charge is -2.44. The molecule has 1 aromatic rings. The van der Waals surface area contributed by atoms with Crippen molar-refractivity contribution in [1.29, 1.82) is 0 Å². The number of amides is 2. The van der Waals surface area contributed by atoms with Crippen molar-refractivity contribution in [2.45, 2.75) is 61.8 Å². The molecule has 2 aliphatic heterocycles. The zero-order chi connectivity index (χ0) is 19.1. The van der Waals surface area contributed by atoms with E-state index in [0.29, 0.717) is 23.4 Å². The van der Waals surface area contributed by atoms with Crippen molar-refractivity contribution < 1.29 is 14.3 Å². The van der Waals surface area contributed by atoms with Crippen molar-refractivity contribution in [3.05, 3.63) is 35.4 Å². The smallest absolute Gasteiger partial charge is 0.407 e. The minimum absolute atomic E-state index is 0.0480. The Bertz CT molecular complexity index is 853. The lowest BCUT2D eigenvalue weighted by molar-refractivity contribution is -0.142. The second-order valence-corrected chi connectivity index (χ2v) is 10.3. The minimum atomic E-state index is -0.340. The SMILES string of the molecule is CC1(c2ccc(C34CCN(C(=O)[C@H]5C[C@]6(COC(=O)N6)C5)CC3C4)cc2)CC1. The van der Waals surface area contributed by atoms with Crippen LogP contribution >= 0.6 is 0 Å². The maximum atomic E-state index is 12.9. The Kier molecular flexibility index (Phi) is 3.20. The first-order valence-electron chi connectivity index (χ1n) is 10.8. The third-order valence-corrected chi connectivity index (χ3v) is 8.44. The first-order valence-corrected chi connectivity index (χ1v) is 10.8. The van der Waals surface area contributed by atoms with E-state index >= 15 is 0 Å². The molecule has 5 aliphatic rings. The Morgan fingerprint density at radius 3 is 2.43 bits per heavy atom. The van der Waals surface area contributed by atoms with E-state index in [2.05, 4.69) is 41.4 Å². The molecule has 2 heterocycles. The third kappa shape index (κ3) is 2.37. The molecule has 6 rings (SSSR count). The van der Waals surface area contributed by atoms with Gasteiger partial charge in [0.25, 0.3) is 0 Å². The van der Waals surface area contributed by atoms with Crippen LogP contribution < -0.4 is 5.32 Å². The Hall–Kier alpha value is -2.04. The van der Waals surface area contributed by atoms with Gasteiger partial charge in [0, 0.05) is 24.4 Å². The summed E-state index contributed by atoms with van der Waals surface area (Å²) in [6, 6.07) is 9.40. The number of nitrogens with zero attached hydrogens (tertiary/aromatic N) is 1. The summed E-state index contributed by atoms with van der Waals surface area (Å²) in [5.74, 6) is 0.937. The van der Waals surface area contributed by atoms with Gasteiger partial charge in [0.05, 0.1) is 5.54 Å².